The minimum atomic E-state index is -0.528. The molecule has 0 atom stereocenters. The van der Waals surface area contributed by atoms with E-state index in [1.165, 1.54) is 0 Å². The maximum absolute atomic E-state index is 12.2. The van der Waals surface area contributed by atoms with Crippen LogP contribution >= 0.6 is 0 Å². The fraction of sp³-hybridized carbons (Fsp3) is 0.929. The molecule has 0 aliphatic carbocycles. The van der Waals surface area contributed by atoms with Crippen LogP contribution in [0.3, 0.4) is 0 Å². The van der Waals surface area contributed by atoms with E-state index in [-0.39, 0.29) is 11.2 Å². The first kappa shape index (κ1) is 15.6. The molecule has 0 heterocycles. The molecule has 0 N–H and O–H groups in total. The van der Waals surface area contributed by atoms with Gasteiger partial charge in [0.2, 0.25) is 0 Å². The zero-order valence-electron chi connectivity index (χ0n) is 11.9. The average molecular weight is 228 g/mol. The van der Waals surface area contributed by atoms with E-state index < -0.39 is 5.60 Å². The van der Waals surface area contributed by atoms with Gasteiger partial charge in [0.25, 0.3) is 0 Å². The SMILES string of the molecule is CCOC(CC)(CC)C(=O)CCC(C)(C)C. The van der Waals surface area contributed by atoms with Crippen molar-refractivity contribution in [3.05, 3.63) is 0 Å². The molecule has 0 aromatic rings. The van der Waals surface area contributed by atoms with Gasteiger partial charge >= 0.3 is 0 Å². The van der Waals surface area contributed by atoms with Crippen LogP contribution < -0.4 is 0 Å². The van der Waals surface area contributed by atoms with Crippen LogP contribution in [-0.4, -0.2) is 18.0 Å². The molecule has 96 valence electrons. The Morgan fingerprint density at radius 3 is 1.88 bits per heavy atom. The van der Waals surface area contributed by atoms with E-state index in [0.29, 0.717) is 13.0 Å². The summed E-state index contributed by atoms with van der Waals surface area (Å²) in [5, 5.41) is 0. The minimum absolute atomic E-state index is 0.217. The van der Waals surface area contributed by atoms with Gasteiger partial charge in [0.1, 0.15) is 5.60 Å². The Morgan fingerprint density at radius 1 is 1.06 bits per heavy atom. The standard InChI is InChI=1S/C14H28O2/c1-7-14(8-2,16-9-3)12(15)10-11-13(4,5)6/h7-11H2,1-6H3. The number of Topliss-reactive ketones (excluding diaryl/α,β-unsaturated/α-hetero) is 1. The molecule has 16 heavy (non-hydrogen) atoms. The van der Waals surface area contributed by atoms with Crippen LogP contribution in [-0.2, 0) is 9.53 Å². The minimum Gasteiger partial charge on any atom is -0.368 e. The maximum Gasteiger partial charge on any atom is 0.164 e. The molecule has 0 rings (SSSR count). The van der Waals surface area contributed by atoms with Crippen LogP contribution in [0.15, 0.2) is 0 Å². The van der Waals surface area contributed by atoms with Gasteiger partial charge in [0, 0.05) is 13.0 Å². The van der Waals surface area contributed by atoms with Gasteiger partial charge in [-0.2, -0.15) is 0 Å². The van der Waals surface area contributed by atoms with Crippen molar-refractivity contribution in [3.8, 4) is 0 Å². The molecule has 0 aromatic heterocycles. The predicted octanol–water partition coefficient (Wildman–Crippen LogP) is 3.98. The molecule has 0 spiro atoms. The third-order valence-electron chi connectivity index (χ3n) is 3.17. The second-order valence-corrected chi connectivity index (χ2v) is 5.62. The first-order chi connectivity index (χ1) is 7.31. The van der Waals surface area contributed by atoms with Gasteiger partial charge in [0.15, 0.2) is 5.78 Å². The third kappa shape index (κ3) is 4.65. The summed E-state index contributed by atoms with van der Waals surface area (Å²) in [5.41, 5.74) is -0.310. The second kappa shape index (κ2) is 6.39. The van der Waals surface area contributed by atoms with Crippen LogP contribution in [0.1, 0.15) is 67.2 Å². The summed E-state index contributed by atoms with van der Waals surface area (Å²) in [5.74, 6) is 0.272. The van der Waals surface area contributed by atoms with E-state index in [1.807, 2.05) is 20.8 Å². The molecule has 0 unspecified atom stereocenters. The number of carbonyl (C=O) groups is 1. The number of carbonyl (C=O) groups excluding carboxylic acids is 1. The molecule has 0 radical (unpaired) electrons. The zero-order chi connectivity index (χ0) is 12.8. The van der Waals surface area contributed by atoms with Crippen LogP contribution in [0, 0.1) is 5.41 Å². The average Bonchev–Trinajstić information content (AvgIpc) is 2.21. The van der Waals surface area contributed by atoms with Crippen molar-refractivity contribution in [3.63, 3.8) is 0 Å². The van der Waals surface area contributed by atoms with Crippen molar-refractivity contribution in [2.24, 2.45) is 5.41 Å². The lowest BCUT2D eigenvalue weighted by atomic mass is 9.83. The summed E-state index contributed by atoms with van der Waals surface area (Å²) < 4.78 is 5.71. The van der Waals surface area contributed by atoms with E-state index >= 15 is 0 Å². The third-order valence-corrected chi connectivity index (χ3v) is 3.17. The van der Waals surface area contributed by atoms with Gasteiger partial charge in [-0.05, 0) is 31.6 Å². The lowest BCUT2D eigenvalue weighted by molar-refractivity contribution is -0.146. The van der Waals surface area contributed by atoms with Gasteiger partial charge < -0.3 is 4.74 Å². The van der Waals surface area contributed by atoms with E-state index in [9.17, 15) is 4.79 Å². The molecule has 0 bridgehead atoms. The number of ether oxygens (including phenoxy) is 1. The Hall–Kier alpha value is -0.370. The maximum atomic E-state index is 12.2. The second-order valence-electron chi connectivity index (χ2n) is 5.62. The van der Waals surface area contributed by atoms with E-state index in [0.717, 1.165) is 19.3 Å². The Morgan fingerprint density at radius 2 is 1.56 bits per heavy atom. The Bertz CT molecular complexity index is 209. The molecule has 0 saturated carbocycles. The van der Waals surface area contributed by atoms with Gasteiger partial charge in [0.05, 0.1) is 0 Å². The molecule has 0 aliphatic heterocycles. The highest BCUT2D eigenvalue weighted by atomic mass is 16.5. The lowest BCUT2D eigenvalue weighted by Crippen LogP contribution is -2.40. The molecule has 0 amide bonds. The first-order valence-electron chi connectivity index (χ1n) is 6.48. The fourth-order valence-electron chi connectivity index (χ4n) is 1.92. The summed E-state index contributed by atoms with van der Waals surface area (Å²) in [6.45, 7) is 13.1. The van der Waals surface area contributed by atoms with Crippen molar-refractivity contribution in [1.29, 1.82) is 0 Å². The lowest BCUT2D eigenvalue weighted by Gasteiger charge is -2.31. The van der Waals surface area contributed by atoms with Gasteiger partial charge in [-0.1, -0.05) is 34.6 Å². The molecule has 0 aliphatic rings. The number of ketones is 1. The highest BCUT2D eigenvalue weighted by molar-refractivity contribution is 5.87. The van der Waals surface area contributed by atoms with E-state index in [2.05, 4.69) is 20.8 Å². The predicted molar refractivity (Wildman–Crippen MR) is 68.6 cm³/mol. The van der Waals surface area contributed by atoms with Crippen molar-refractivity contribution >= 4 is 5.78 Å². The number of hydrogen-bond donors (Lipinski definition) is 0. The summed E-state index contributed by atoms with van der Waals surface area (Å²) in [6.07, 6.45) is 3.12. The Kier molecular flexibility index (Phi) is 6.24. The Balaban J connectivity index is 4.50. The van der Waals surface area contributed by atoms with Crippen LogP contribution in [0.25, 0.3) is 0 Å². The topological polar surface area (TPSA) is 26.3 Å². The molecule has 0 fully saturated rings. The fourth-order valence-corrected chi connectivity index (χ4v) is 1.92. The van der Waals surface area contributed by atoms with E-state index in [1.54, 1.807) is 0 Å². The van der Waals surface area contributed by atoms with Crippen molar-refractivity contribution < 1.29 is 9.53 Å². The number of rotatable bonds is 7. The van der Waals surface area contributed by atoms with Gasteiger partial charge in [-0.25, -0.2) is 0 Å². The number of hydrogen-bond acceptors (Lipinski definition) is 2. The summed E-state index contributed by atoms with van der Waals surface area (Å²) in [7, 11) is 0. The smallest absolute Gasteiger partial charge is 0.164 e. The van der Waals surface area contributed by atoms with Crippen LogP contribution in [0.5, 0.6) is 0 Å². The van der Waals surface area contributed by atoms with Crippen molar-refractivity contribution in [1.82, 2.24) is 0 Å². The largest absolute Gasteiger partial charge is 0.368 e. The van der Waals surface area contributed by atoms with Crippen molar-refractivity contribution in [2.45, 2.75) is 72.8 Å². The molecule has 0 saturated heterocycles. The first-order valence-corrected chi connectivity index (χ1v) is 6.48. The highest BCUT2D eigenvalue weighted by Gasteiger charge is 2.35. The van der Waals surface area contributed by atoms with Crippen molar-refractivity contribution in [2.75, 3.05) is 6.61 Å². The molecular weight excluding hydrogens is 200 g/mol. The normalized spacial score (nSPS) is 12.9. The van der Waals surface area contributed by atoms with Crippen LogP contribution in [0.2, 0.25) is 0 Å². The zero-order valence-corrected chi connectivity index (χ0v) is 11.9. The van der Waals surface area contributed by atoms with Crippen LogP contribution in [0.4, 0.5) is 0 Å². The van der Waals surface area contributed by atoms with Gasteiger partial charge in [-0.3, -0.25) is 4.79 Å². The molecule has 0 aromatic carbocycles. The molecular formula is C14H28O2. The molecule has 2 heteroatoms. The highest BCUT2D eigenvalue weighted by Crippen LogP contribution is 2.28. The van der Waals surface area contributed by atoms with E-state index in [4.69, 9.17) is 4.74 Å². The summed E-state index contributed by atoms with van der Waals surface area (Å²) in [4.78, 5) is 12.2. The quantitative estimate of drug-likeness (QED) is 0.659. The summed E-state index contributed by atoms with van der Waals surface area (Å²) in [6, 6.07) is 0. The monoisotopic (exact) mass is 228 g/mol. The Labute approximate surface area is 101 Å². The van der Waals surface area contributed by atoms with Gasteiger partial charge in [-0.15, -0.1) is 0 Å². The molecule has 2 nitrogen and oxygen atoms in total. The summed E-state index contributed by atoms with van der Waals surface area (Å²) >= 11 is 0.